The molecule has 2 aromatic heterocycles. The summed E-state index contributed by atoms with van der Waals surface area (Å²) < 4.78 is 31.8. The van der Waals surface area contributed by atoms with Crippen LogP contribution in [0.2, 0.25) is 0 Å². The SMILES string of the molecule is C[C@H](CCCn1cc(CC(O)(Cn2cncn2)c2ccc(F)cc2F)nn1)[C@H]1CCC2C3CC[C@]4(C)C[C@H](O)CC[C@]4(C)C3C[C@H](O)[C@@]21C. The summed E-state index contributed by atoms with van der Waals surface area (Å²) in [4.78, 5) is 3.93. The highest BCUT2D eigenvalue weighted by Gasteiger charge is 2.66. The Hall–Kier alpha value is -2.76. The highest BCUT2D eigenvalue weighted by atomic mass is 19.1. The quantitative estimate of drug-likeness (QED) is 0.238. The number of aryl methyl sites for hydroxylation is 1. The Balaban J connectivity index is 0.990. The fourth-order valence-corrected chi connectivity index (χ4v) is 11.8. The van der Waals surface area contributed by atoms with Crippen LogP contribution < -0.4 is 0 Å². The molecule has 4 fully saturated rings. The standard InChI is InChI=1S/C38H54F2N6O3/c1-24(29-9-10-30-28-12-13-35(2)19-27(47)11-14-36(35,3)32(28)17-34(48)37(29,30)4)6-5-15-45-20-26(43-44-45)18-38(49,21-46-23-41-22-42-46)31-8-7-25(39)16-33(31)40/h7-8,16,20,22-24,27-30,32,34,47-49H,5-6,9-15,17-19,21H2,1-4H3/t24-,27-,28?,29-,30?,32?,34+,35-,36-,37-,38?/m1/s1. The molecular formula is C38H54F2N6O3. The Morgan fingerprint density at radius 1 is 1.04 bits per heavy atom. The normalized spacial score (nSPS) is 37.6. The van der Waals surface area contributed by atoms with Gasteiger partial charge in [0, 0.05) is 30.8 Å². The highest BCUT2D eigenvalue weighted by molar-refractivity contribution is 5.27. The molecule has 0 saturated heterocycles. The van der Waals surface area contributed by atoms with Gasteiger partial charge < -0.3 is 15.3 Å². The van der Waals surface area contributed by atoms with Gasteiger partial charge in [-0.1, -0.05) is 39.0 Å². The van der Waals surface area contributed by atoms with E-state index in [0.717, 1.165) is 57.1 Å². The van der Waals surface area contributed by atoms with Gasteiger partial charge in [-0.15, -0.1) is 5.10 Å². The lowest BCUT2D eigenvalue weighted by atomic mass is 9.39. The minimum atomic E-state index is -1.75. The molecule has 4 unspecified atom stereocenters. The van der Waals surface area contributed by atoms with E-state index < -0.39 is 17.2 Å². The average Bonchev–Trinajstić information content (AvgIpc) is 3.79. The zero-order valence-electron chi connectivity index (χ0n) is 29.5. The van der Waals surface area contributed by atoms with Gasteiger partial charge >= 0.3 is 0 Å². The maximum absolute atomic E-state index is 14.9. The summed E-state index contributed by atoms with van der Waals surface area (Å²) in [7, 11) is 0. The van der Waals surface area contributed by atoms with Crippen molar-refractivity contribution >= 4 is 0 Å². The molecule has 4 saturated carbocycles. The van der Waals surface area contributed by atoms with Crippen LogP contribution in [-0.4, -0.2) is 57.3 Å². The van der Waals surface area contributed by atoms with Gasteiger partial charge in [0.05, 0.1) is 24.4 Å². The number of benzene rings is 1. The van der Waals surface area contributed by atoms with Gasteiger partial charge in [-0.3, -0.25) is 4.68 Å². The highest BCUT2D eigenvalue weighted by Crippen LogP contribution is 2.71. The predicted octanol–water partition coefficient (Wildman–Crippen LogP) is 6.08. The number of halogens is 2. The van der Waals surface area contributed by atoms with Gasteiger partial charge in [0.15, 0.2) is 0 Å². The third kappa shape index (κ3) is 5.95. The Morgan fingerprint density at radius 2 is 1.86 bits per heavy atom. The molecule has 0 amide bonds. The molecule has 0 radical (unpaired) electrons. The first-order valence-electron chi connectivity index (χ1n) is 18.5. The van der Waals surface area contributed by atoms with Crippen LogP contribution >= 0.6 is 0 Å². The summed E-state index contributed by atoms with van der Waals surface area (Å²) >= 11 is 0. The Labute approximate surface area is 288 Å². The zero-order valence-corrected chi connectivity index (χ0v) is 29.5. The lowest BCUT2D eigenvalue weighted by molar-refractivity contribution is -0.201. The fourth-order valence-electron chi connectivity index (χ4n) is 11.8. The largest absolute Gasteiger partial charge is 0.393 e. The molecule has 0 spiro atoms. The van der Waals surface area contributed by atoms with Crippen molar-refractivity contribution in [1.82, 2.24) is 29.8 Å². The fraction of sp³-hybridized carbons (Fsp3) is 0.737. The van der Waals surface area contributed by atoms with Gasteiger partial charge in [0.25, 0.3) is 0 Å². The van der Waals surface area contributed by atoms with Gasteiger partial charge in [-0.2, -0.15) is 5.10 Å². The number of rotatable bonds is 10. The van der Waals surface area contributed by atoms with Crippen LogP contribution in [0.3, 0.4) is 0 Å². The van der Waals surface area contributed by atoms with Crippen molar-refractivity contribution in [1.29, 1.82) is 0 Å². The van der Waals surface area contributed by atoms with Crippen LogP contribution in [0.25, 0.3) is 0 Å². The Morgan fingerprint density at radius 3 is 2.61 bits per heavy atom. The topological polar surface area (TPSA) is 122 Å². The molecule has 9 nitrogen and oxygen atoms in total. The van der Waals surface area contributed by atoms with Crippen molar-refractivity contribution in [2.75, 3.05) is 0 Å². The minimum Gasteiger partial charge on any atom is -0.393 e. The van der Waals surface area contributed by atoms with Gasteiger partial charge in [-0.25, -0.2) is 18.4 Å². The summed E-state index contributed by atoms with van der Waals surface area (Å²) in [6, 6.07) is 3.16. The summed E-state index contributed by atoms with van der Waals surface area (Å²) in [5, 5.41) is 46.9. The molecule has 49 heavy (non-hydrogen) atoms. The molecular weight excluding hydrogens is 626 g/mol. The molecule has 11 heteroatoms. The third-order valence-corrected chi connectivity index (χ3v) is 14.6. The lowest BCUT2D eigenvalue weighted by Gasteiger charge is -2.66. The third-order valence-electron chi connectivity index (χ3n) is 14.6. The van der Waals surface area contributed by atoms with E-state index in [4.69, 9.17) is 0 Å². The van der Waals surface area contributed by atoms with E-state index in [9.17, 15) is 24.1 Å². The number of aliphatic hydroxyl groups excluding tert-OH is 2. The number of hydrogen-bond acceptors (Lipinski definition) is 7. The summed E-state index contributed by atoms with van der Waals surface area (Å²) in [6.07, 6.45) is 14.4. The second kappa shape index (κ2) is 12.8. The number of fused-ring (bicyclic) bond motifs is 5. The average molecular weight is 681 g/mol. The van der Waals surface area contributed by atoms with Crippen LogP contribution in [0, 0.1) is 57.5 Å². The maximum atomic E-state index is 14.9. The molecule has 3 aromatic rings. The first-order chi connectivity index (χ1) is 23.3. The monoisotopic (exact) mass is 680 g/mol. The van der Waals surface area contributed by atoms with Crippen molar-refractivity contribution in [3.63, 3.8) is 0 Å². The number of hydrogen-bond donors (Lipinski definition) is 3. The van der Waals surface area contributed by atoms with Crippen LogP contribution in [0.1, 0.15) is 103 Å². The number of nitrogens with zero attached hydrogens (tertiary/aromatic N) is 6. The molecule has 0 aliphatic heterocycles. The van der Waals surface area contributed by atoms with E-state index in [1.54, 1.807) is 10.9 Å². The van der Waals surface area contributed by atoms with E-state index in [1.165, 1.54) is 42.7 Å². The van der Waals surface area contributed by atoms with Gasteiger partial charge in [-0.05, 0) is 116 Å². The van der Waals surface area contributed by atoms with E-state index in [1.807, 2.05) is 0 Å². The first-order valence-corrected chi connectivity index (χ1v) is 18.5. The van der Waals surface area contributed by atoms with E-state index >= 15 is 0 Å². The predicted molar refractivity (Wildman–Crippen MR) is 180 cm³/mol. The molecule has 4 aliphatic rings. The van der Waals surface area contributed by atoms with E-state index in [2.05, 4.69) is 48.1 Å². The lowest BCUT2D eigenvalue weighted by Crippen LogP contribution is -2.61. The summed E-state index contributed by atoms with van der Waals surface area (Å²) in [6.45, 7) is 10.2. The van der Waals surface area contributed by atoms with Crippen molar-refractivity contribution in [3.05, 3.63) is 59.9 Å². The molecule has 11 atom stereocenters. The second-order valence-corrected chi connectivity index (χ2v) is 17.1. The maximum Gasteiger partial charge on any atom is 0.137 e. The molecule has 2 heterocycles. The van der Waals surface area contributed by atoms with Crippen molar-refractivity contribution in [3.8, 4) is 0 Å². The zero-order chi connectivity index (χ0) is 34.8. The van der Waals surface area contributed by atoms with Gasteiger partial charge in [0.2, 0.25) is 0 Å². The molecule has 0 bridgehead atoms. The first kappa shape index (κ1) is 34.7. The van der Waals surface area contributed by atoms with Crippen LogP contribution in [-0.2, 0) is 25.1 Å². The molecule has 7 rings (SSSR count). The van der Waals surface area contributed by atoms with Crippen molar-refractivity contribution in [2.24, 2.45) is 45.8 Å². The van der Waals surface area contributed by atoms with Crippen molar-refractivity contribution in [2.45, 2.75) is 129 Å². The van der Waals surface area contributed by atoms with Crippen LogP contribution in [0.15, 0.2) is 37.1 Å². The molecule has 4 aliphatic carbocycles. The summed E-state index contributed by atoms with van der Waals surface area (Å²) in [5.41, 5.74) is -1.04. The Bertz CT molecular complexity index is 1620. The van der Waals surface area contributed by atoms with Crippen molar-refractivity contribution < 1.29 is 24.1 Å². The van der Waals surface area contributed by atoms with E-state index in [0.29, 0.717) is 41.8 Å². The van der Waals surface area contributed by atoms with Gasteiger partial charge in [0.1, 0.15) is 29.9 Å². The number of aromatic nitrogens is 6. The van der Waals surface area contributed by atoms with Crippen LogP contribution in [0.4, 0.5) is 8.78 Å². The summed E-state index contributed by atoms with van der Waals surface area (Å²) in [5.74, 6) is 1.08. The molecule has 3 N–H and O–H groups in total. The smallest absolute Gasteiger partial charge is 0.137 e. The van der Waals surface area contributed by atoms with Crippen LogP contribution in [0.5, 0.6) is 0 Å². The minimum absolute atomic E-state index is 0.0353. The van der Waals surface area contributed by atoms with E-state index in [-0.39, 0.29) is 47.0 Å². The molecule has 268 valence electrons. The second-order valence-electron chi connectivity index (χ2n) is 17.1. The molecule has 1 aromatic carbocycles. The Kier molecular flexibility index (Phi) is 9.04. The number of aliphatic hydroxyl groups is 3.